The van der Waals surface area contributed by atoms with E-state index in [0.717, 1.165) is 25.7 Å². The quantitative estimate of drug-likeness (QED) is 0.244. The third-order valence-corrected chi connectivity index (χ3v) is 4.48. The van der Waals surface area contributed by atoms with Gasteiger partial charge in [-0.05, 0) is 25.7 Å². The van der Waals surface area contributed by atoms with E-state index in [-0.39, 0.29) is 24.3 Å². The summed E-state index contributed by atoms with van der Waals surface area (Å²) in [7, 11) is 2.71. The average Bonchev–Trinajstić information content (AvgIpc) is 2.98. The van der Waals surface area contributed by atoms with Crippen molar-refractivity contribution in [2.45, 2.75) is 96.1 Å². The van der Waals surface area contributed by atoms with Crippen LogP contribution in [0.15, 0.2) is 0 Å². The molecule has 2 atom stereocenters. The van der Waals surface area contributed by atoms with Crippen LogP contribution in [0, 0.1) is 0 Å². The van der Waals surface area contributed by atoms with Crippen molar-refractivity contribution in [3.63, 3.8) is 0 Å². The molecule has 1 saturated heterocycles. The highest BCUT2D eigenvalue weighted by atomic mass is 16.8. The summed E-state index contributed by atoms with van der Waals surface area (Å²) >= 11 is 0. The molecule has 1 aliphatic heterocycles. The zero-order valence-electron chi connectivity index (χ0n) is 18.9. The Bertz CT molecular complexity index is 573. The number of carboxylic acid groups (broad SMARTS) is 1. The molecular formula is C21H36O10. The number of esters is 3. The fourth-order valence-corrected chi connectivity index (χ4v) is 2.79. The van der Waals surface area contributed by atoms with Crippen molar-refractivity contribution in [2.75, 3.05) is 14.2 Å². The van der Waals surface area contributed by atoms with Crippen LogP contribution in [-0.2, 0) is 38.1 Å². The Labute approximate surface area is 183 Å². The number of carbonyl (C=O) groups is 4. The number of unbranched alkanes of at least 4 members (excludes halogenated alkanes) is 4. The first kappa shape index (κ1) is 28.8. The second-order valence-electron chi connectivity index (χ2n) is 7.63. The minimum Gasteiger partial charge on any atom is -0.479 e. The zero-order valence-corrected chi connectivity index (χ0v) is 18.9. The number of carbonyl (C=O) groups excluding carboxylic acids is 3. The second-order valence-corrected chi connectivity index (χ2v) is 7.63. The van der Waals surface area contributed by atoms with Crippen LogP contribution in [0.2, 0.25) is 0 Å². The number of rotatable bonds is 13. The molecule has 0 aromatic heterocycles. The molecule has 31 heavy (non-hydrogen) atoms. The summed E-state index contributed by atoms with van der Waals surface area (Å²) in [4.78, 5) is 43.1. The van der Waals surface area contributed by atoms with Gasteiger partial charge < -0.3 is 29.2 Å². The molecule has 0 spiro atoms. The smallest absolute Gasteiger partial charge is 0.337 e. The molecule has 10 nitrogen and oxygen atoms in total. The Kier molecular flexibility index (Phi) is 14.5. The summed E-state index contributed by atoms with van der Waals surface area (Å²) in [6.07, 6.45) is 4.39. The minimum absolute atomic E-state index is 0.192. The van der Waals surface area contributed by atoms with Crippen LogP contribution in [0.4, 0.5) is 0 Å². The molecular weight excluding hydrogens is 412 g/mol. The molecule has 180 valence electrons. The Balaban J connectivity index is 0.000000594. The van der Waals surface area contributed by atoms with Crippen LogP contribution in [0.5, 0.6) is 0 Å². The van der Waals surface area contributed by atoms with E-state index in [1.807, 2.05) is 0 Å². The van der Waals surface area contributed by atoms with E-state index in [0.29, 0.717) is 32.1 Å². The SMILES string of the molecule is COC(=O)CCCCCC(O)C(=O)O.COC(=O)CCCCCC1OC(C)(C)OC1=O. The lowest BCUT2D eigenvalue weighted by atomic mass is 10.1. The van der Waals surface area contributed by atoms with E-state index in [4.69, 9.17) is 19.7 Å². The van der Waals surface area contributed by atoms with Crippen LogP contribution in [0.1, 0.15) is 78.1 Å². The first-order valence-corrected chi connectivity index (χ1v) is 10.5. The van der Waals surface area contributed by atoms with E-state index in [2.05, 4.69) is 9.47 Å². The predicted octanol–water partition coefficient (Wildman–Crippen LogP) is 2.34. The van der Waals surface area contributed by atoms with Crippen LogP contribution in [0.25, 0.3) is 0 Å². The molecule has 0 radical (unpaired) electrons. The second kappa shape index (κ2) is 15.6. The fraction of sp³-hybridized carbons (Fsp3) is 0.810. The van der Waals surface area contributed by atoms with Crippen molar-refractivity contribution in [1.29, 1.82) is 0 Å². The highest BCUT2D eigenvalue weighted by molar-refractivity contribution is 5.76. The molecule has 1 heterocycles. The average molecular weight is 449 g/mol. The van der Waals surface area contributed by atoms with Gasteiger partial charge in [-0.3, -0.25) is 9.59 Å². The van der Waals surface area contributed by atoms with Gasteiger partial charge in [0.2, 0.25) is 5.79 Å². The van der Waals surface area contributed by atoms with E-state index < -0.39 is 24.0 Å². The maximum absolute atomic E-state index is 11.4. The predicted molar refractivity (Wildman–Crippen MR) is 109 cm³/mol. The molecule has 10 heteroatoms. The summed E-state index contributed by atoms with van der Waals surface area (Å²) in [6, 6.07) is 0. The van der Waals surface area contributed by atoms with Gasteiger partial charge >= 0.3 is 23.9 Å². The molecule has 1 rings (SSSR count). The van der Waals surface area contributed by atoms with Crippen molar-refractivity contribution in [3.8, 4) is 0 Å². The zero-order chi connectivity index (χ0) is 23.9. The normalized spacial score (nSPS) is 17.7. The van der Waals surface area contributed by atoms with Crippen LogP contribution >= 0.6 is 0 Å². The first-order valence-electron chi connectivity index (χ1n) is 10.5. The van der Waals surface area contributed by atoms with Crippen molar-refractivity contribution in [1.82, 2.24) is 0 Å². The molecule has 2 unspecified atom stereocenters. The van der Waals surface area contributed by atoms with E-state index in [9.17, 15) is 19.2 Å². The maximum Gasteiger partial charge on any atom is 0.337 e. The van der Waals surface area contributed by atoms with Gasteiger partial charge in [0.1, 0.15) is 0 Å². The molecule has 0 aliphatic carbocycles. The van der Waals surface area contributed by atoms with Crippen molar-refractivity contribution in [3.05, 3.63) is 0 Å². The van der Waals surface area contributed by atoms with Gasteiger partial charge in [0.25, 0.3) is 0 Å². The van der Waals surface area contributed by atoms with Gasteiger partial charge in [0.05, 0.1) is 14.2 Å². The Morgan fingerprint density at radius 2 is 1.48 bits per heavy atom. The highest BCUT2D eigenvalue weighted by Gasteiger charge is 2.40. The monoisotopic (exact) mass is 448 g/mol. The van der Waals surface area contributed by atoms with E-state index >= 15 is 0 Å². The third kappa shape index (κ3) is 14.4. The van der Waals surface area contributed by atoms with Crippen LogP contribution in [-0.4, -0.2) is 66.3 Å². The Morgan fingerprint density at radius 1 is 0.968 bits per heavy atom. The molecule has 0 amide bonds. The lowest BCUT2D eigenvalue weighted by Gasteiger charge is -2.15. The summed E-state index contributed by atoms with van der Waals surface area (Å²) in [5.74, 6) is -2.74. The van der Waals surface area contributed by atoms with Gasteiger partial charge in [-0.15, -0.1) is 0 Å². The van der Waals surface area contributed by atoms with Gasteiger partial charge in [-0.2, -0.15) is 0 Å². The van der Waals surface area contributed by atoms with E-state index in [1.54, 1.807) is 13.8 Å². The Morgan fingerprint density at radius 3 is 1.90 bits per heavy atom. The molecule has 0 saturated carbocycles. The first-order chi connectivity index (χ1) is 14.5. The largest absolute Gasteiger partial charge is 0.479 e. The standard InChI is InChI=1S/C12H20O5.C9H16O5/c1-12(2)16-9(11(14)17-12)7-5-4-6-8-10(13)15-3;1-14-8(11)6-4-2-3-5-7(10)9(12)13/h9H,4-8H2,1-3H3;7,10H,2-6H2,1H3,(H,12,13). The third-order valence-electron chi connectivity index (χ3n) is 4.48. The molecule has 0 aromatic rings. The van der Waals surface area contributed by atoms with Gasteiger partial charge in [0.15, 0.2) is 12.2 Å². The van der Waals surface area contributed by atoms with E-state index in [1.165, 1.54) is 14.2 Å². The number of aliphatic carboxylic acids is 1. The summed E-state index contributed by atoms with van der Waals surface area (Å²) in [5.41, 5.74) is 0. The van der Waals surface area contributed by atoms with Crippen molar-refractivity contribution < 1.29 is 48.3 Å². The summed E-state index contributed by atoms with van der Waals surface area (Å²) in [5, 5.41) is 17.2. The number of ether oxygens (including phenoxy) is 4. The minimum atomic E-state index is -1.28. The topological polar surface area (TPSA) is 146 Å². The molecule has 0 bridgehead atoms. The van der Waals surface area contributed by atoms with Crippen molar-refractivity contribution >= 4 is 23.9 Å². The van der Waals surface area contributed by atoms with Gasteiger partial charge in [-0.25, -0.2) is 9.59 Å². The Hall–Kier alpha value is -2.20. The molecule has 1 aliphatic rings. The number of aliphatic hydroxyl groups is 1. The summed E-state index contributed by atoms with van der Waals surface area (Å²) < 4.78 is 19.5. The lowest BCUT2D eigenvalue weighted by molar-refractivity contribution is -0.161. The van der Waals surface area contributed by atoms with Crippen LogP contribution < -0.4 is 0 Å². The molecule has 1 fully saturated rings. The summed E-state index contributed by atoms with van der Waals surface area (Å²) in [6.45, 7) is 3.45. The molecule has 2 N–H and O–H groups in total. The number of hydrogen-bond donors (Lipinski definition) is 2. The van der Waals surface area contributed by atoms with Gasteiger partial charge in [-0.1, -0.05) is 25.7 Å². The number of carboxylic acids is 1. The lowest BCUT2D eigenvalue weighted by Crippen LogP contribution is -2.21. The highest BCUT2D eigenvalue weighted by Crippen LogP contribution is 2.26. The molecule has 0 aromatic carbocycles. The van der Waals surface area contributed by atoms with Crippen LogP contribution in [0.3, 0.4) is 0 Å². The number of aliphatic hydroxyl groups excluding tert-OH is 1. The number of cyclic esters (lactones) is 1. The fourth-order valence-electron chi connectivity index (χ4n) is 2.79. The van der Waals surface area contributed by atoms with Gasteiger partial charge in [0, 0.05) is 26.7 Å². The van der Waals surface area contributed by atoms with Crippen molar-refractivity contribution in [2.24, 2.45) is 0 Å². The number of hydrogen-bond acceptors (Lipinski definition) is 9. The number of methoxy groups -OCH3 is 2. The maximum atomic E-state index is 11.4.